The molecule has 4 amide bonds. The average molecular weight is 485 g/mol. The summed E-state index contributed by atoms with van der Waals surface area (Å²) in [6.45, 7) is 4.75. The van der Waals surface area contributed by atoms with Gasteiger partial charge in [-0.15, -0.1) is 0 Å². The molecule has 0 spiro atoms. The fourth-order valence-electron chi connectivity index (χ4n) is 3.83. The summed E-state index contributed by atoms with van der Waals surface area (Å²) >= 11 is 0. The van der Waals surface area contributed by atoms with E-state index in [1.165, 1.54) is 31.2 Å². The zero-order valence-electron chi connectivity index (χ0n) is 19.8. The monoisotopic (exact) mass is 485 g/mol. The van der Waals surface area contributed by atoms with Gasteiger partial charge in [-0.05, 0) is 62.4 Å². The van der Waals surface area contributed by atoms with Gasteiger partial charge in [0, 0.05) is 24.1 Å². The highest BCUT2D eigenvalue weighted by atomic mass is 16.5. The summed E-state index contributed by atoms with van der Waals surface area (Å²) < 4.78 is 5.02. The minimum atomic E-state index is -0.514. The van der Waals surface area contributed by atoms with Crippen molar-refractivity contribution in [2.45, 2.75) is 26.8 Å². The Kier molecular flexibility index (Phi) is 6.64. The normalized spacial score (nSPS) is 12.4. The summed E-state index contributed by atoms with van der Waals surface area (Å²) in [5.74, 6) is -2.08. The van der Waals surface area contributed by atoms with E-state index < -0.39 is 23.7 Å². The van der Waals surface area contributed by atoms with Crippen molar-refractivity contribution in [2.75, 3.05) is 10.6 Å². The van der Waals surface area contributed by atoms with Crippen LogP contribution in [0.25, 0.3) is 0 Å². The summed E-state index contributed by atoms with van der Waals surface area (Å²) in [7, 11) is 0. The number of esters is 1. The number of fused-ring (bicyclic) bond motifs is 1. The molecule has 0 saturated heterocycles. The average Bonchev–Trinajstić information content (AvgIpc) is 3.09. The number of amides is 4. The van der Waals surface area contributed by atoms with Gasteiger partial charge in [0.2, 0.25) is 0 Å². The van der Waals surface area contributed by atoms with Gasteiger partial charge < -0.3 is 15.4 Å². The highest BCUT2D eigenvalue weighted by molar-refractivity contribution is 6.22. The number of carbonyl (C=O) groups excluding carboxylic acids is 5. The number of hydrogen-bond donors (Lipinski definition) is 2. The Morgan fingerprint density at radius 3 is 1.92 bits per heavy atom. The Hall–Kier alpha value is -4.79. The third-order valence-electron chi connectivity index (χ3n) is 5.48. The lowest BCUT2D eigenvalue weighted by molar-refractivity contribution is -0.131. The highest BCUT2D eigenvalue weighted by Crippen LogP contribution is 2.27. The Labute approximate surface area is 207 Å². The van der Waals surface area contributed by atoms with Crippen LogP contribution in [0.1, 0.15) is 62.2 Å². The van der Waals surface area contributed by atoms with E-state index in [0.717, 1.165) is 4.90 Å². The largest absolute Gasteiger partial charge is 0.427 e. The molecule has 9 heteroatoms. The van der Waals surface area contributed by atoms with Crippen molar-refractivity contribution in [1.29, 1.82) is 0 Å². The molecule has 0 atom stereocenters. The first-order valence-electron chi connectivity index (χ1n) is 11.2. The van der Waals surface area contributed by atoms with Crippen molar-refractivity contribution in [3.05, 3.63) is 89.0 Å². The molecule has 1 heterocycles. The minimum absolute atomic E-state index is 0.176. The van der Waals surface area contributed by atoms with E-state index in [1.807, 2.05) is 0 Å². The molecule has 3 aromatic carbocycles. The molecule has 0 radical (unpaired) electrons. The molecule has 0 fully saturated rings. The highest BCUT2D eigenvalue weighted by Gasteiger charge is 2.37. The van der Waals surface area contributed by atoms with Gasteiger partial charge in [-0.2, -0.15) is 0 Å². The smallest absolute Gasteiger partial charge is 0.308 e. The van der Waals surface area contributed by atoms with E-state index in [9.17, 15) is 24.0 Å². The van der Waals surface area contributed by atoms with Crippen LogP contribution >= 0.6 is 0 Å². The number of para-hydroxylation sites is 2. The molecular formula is C27H23N3O6. The second kappa shape index (κ2) is 9.83. The van der Waals surface area contributed by atoms with E-state index in [0.29, 0.717) is 11.4 Å². The molecule has 36 heavy (non-hydrogen) atoms. The van der Waals surface area contributed by atoms with Crippen LogP contribution in [-0.2, 0) is 4.79 Å². The first-order chi connectivity index (χ1) is 17.2. The molecular weight excluding hydrogens is 462 g/mol. The lowest BCUT2D eigenvalue weighted by Gasteiger charge is -2.17. The van der Waals surface area contributed by atoms with Crippen molar-refractivity contribution in [3.63, 3.8) is 0 Å². The van der Waals surface area contributed by atoms with Gasteiger partial charge >= 0.3 is 5.97 Å². The van der Waals surface area contributed by atoms with Gasteiger partial charge in [0.1, 0.15) is 5.75 Å². The minimum Gasteiger partial charge on any atom is -0.427 e. The molecule has 0 aromatic heterocycles. The van der Waals surface area contributed by atoms with Crippen LogP contribution in [0.2, 0.25) is 0 Å². The van der Waals surface area contributed by atoms with Gasteiger partial charge in [-0.1, -0.05) is 18.2 Å². The molecule has 3 aromatic rings. The number of rotatable bonds is 6. The number of imide groups is 1. The molecule has 1 aliphatic heterocycles. The number of benzene rings is 3. The predicted molar refractivity (Wildman–Crippen MR) is 132 cm³/mol. The number of hydrogen-bond acceptors (Lipinski definition) is 6. The maximum atomic E-state index is 13.0. The molecule has 1 aliphatic rings. The predicted octanol–water partition coefficient (Wildman–Crippen LogP) is 4.12. The lowest BCUT2D eigenvalue weighted by atomic mass is 10.1. The van der Waals surface area contributed by atoms with Crippen molar-refractivity contribution >= 4 is 41.0 Å². The molecule has 0 unspecified atom stereocenters. The summed E-state index contributed by atoms with van der Waals surface area (Å²) in [6.07, 6.45) is 0. The molecule has 4 rings (SSSR count). The maximum Gasteiger partial charge on any atom is 0.308 e. The van der Waals surface area contributed by atoms with Gasteiger partial charge in [-0.3, -0.25) is 28.9 Å². The second-order valence-corrected chi connectivity index (χ2v) is 8.41. The van der Waals surface area contributed by atoms with Gasteiger partial charge in [-0.25, -0.2) is 0 Å². The van der Waals surface area contributed by atoms with Crippen molar-refractivity contribution in [2.24, 2.45) is 0 Å². The quantitative estimate of drug-likeness (QED) is 0.308. The maximum absolute atomic E-state index is 13.0. The van der Waals surface area contributed by atoms with E-state index in [4.69, 9.17) is 4.74 Å². The Morgan fingerprint density at radius 1 is 0.750 bits per heavy atom. The van der Waals surface area contributed by atoms with E-state index >= 15 is 0 Å². The summed E-state index contributed by atoms with van der Waals surface area (Å²) in [4.78, 5) is 63.3. The zero-order chi connectivity index (χ0) is 26.0. The van der Waals surface area contributed by atoms with Crippen LogP contribution in [0.5, 0.6) is 5.75 Å². The Morgan fingerprint density at radius 2 is 1.33 bits per heavy atom. The van der Waals surface area contributed by atoms with Gasteiger partial charge in [0.05, 0.1) is 22.5 Å². The third kappa shape index (κ3) is 4.85. The Balaban J connectivity index is 1.53. The first kappa shape index (κ1) is 24.3. The van der Waals surface area contributed by atoms with Crippen LogP contribution in [0.4, 0.5) is 11.4 Å². The summed E-state index contributed by atoms with van der Waals surface area (Å²) in [5.41, 5.74) is 1.55. The first-order valence-corrected chi connectivity index (χ1v) is 11.2. The number of nitrogens with one attached hydrogen (secondary N) is 2. The van der Waals surface area contributed by atoms with Crippen LogP contribution in [0.3, 0.4) is 0 Å². The Bertz CT molecular complexity index is 1410. The van der Waals surface area contributed by atoms with Crippen molar-refractivity contribution in [3.8, 4) is 5.75 Å². The molecule has 2 N–H and O–H groups in total. The van der Waals surface area contributed by atoms with Crippen LogP contribution in [0.15, 0.2) is 66.7 Å². The van der Waals surface area contributed by atoms with Gasteiger partial charge in [0.15, 0.2) is 0 Å². The second-order valence-electron chi connectivity index (χ2n) is 8.41. The third-order valence-corrected chi connectivity index (χ3v) is 5.48. The topological polar surface area (TPSA) is 122 Å². The summed E-state index contributed by atoms with van der Waals surface area (Å²) in [6, 6.07) is 16.8. The standard InChI is InChI=1S/C27H23N3O6/c1-15(2)30-26(34)20-12-11-18(14-21(20)27(30)35)25(33)29-23-10-5-4-9-22(23)28-24(32)17-7-6-8-19(13-17)36-16(3)31/h4-15H,1-3H3,(H,28,32)(H,29,33). The molecule has 0 bridgehead atoms. The molecule has 182 valence electrons. The van der Waals surface area contributed by atoms with Crippen LogP contribution < -0.4 is 15.4 Å². The number of carbonyl (C=O) groups is 5. The van der Waals surface area contributed by atoms with Crippen LogP contribution in [-0.4, -0.2) is 40.5 Å². The zero-order valence-corrected chi connectivity index (χ0v) is 19.8. The summed E-state index contributed by atoms with van der Waals surface area (Å²) in [5, 5.41) is 5.48. The fourth-order valence-corrected chi connectivity index (χ4v) is 3.83. The van der Waals surface area contributed by atoms with E-state index in [-0.39, 0.29) is 40.0 Å². The fraction of sp³-hybridized carbons (Fsp3) is 0.148. The SMILES string of the molecule is CC(=O)Oc1cccc(C(=O)Nc2ccccc2NC(=O)c2ccc3c(c2)C(=O)N(C(C)C)C3=O)c1. The molecule has 0 saturated carbocycles. The number of anilines is 2. The van der Waals surface area contributed by atoms with Crippen molar-refractivity contribution < 1.29 is 28.7 Å². The lowest BCUT2D eigenvalue weighted by Crippen LogP contribution is -2.35. The number of nitrogens with zero attached hydrogens (tertiary/aromatic N) is 1. The molecule has 0 aliphatic carbocycles. The van der Waals surface area contributed by atoms with Crippen LogP contribution in [0, 0.1) is 0 Å². The van der Waals surface area contributed by atoms with E-state index in [2.05, 4.69) is 10.6 Å². The van der Waals surface area contributed by atoms with Crippen molar-refractivity contribution in [1.82, 2.24) is 4.90 Å². The molecule has 9 nitrogen and oxygen atoms in total. The number of ether oxygens (including phenoxy) is 1. The van der Waals surface area contributed by atoms with E-state index in [1.54, 1.807) is 56.3 Å². The van der Waals surface area contributed by atoms with Gasteiger partial charge in [0.25, 0.3) is 23.6 Å².